The van der Waals surface area contributed by atoms with Gasteiger partial charge in [0.1, 0.15) is 0 Å². The van der Waals surface area contributed by atoms with Gasteiger partial charge in [-0.2, -0.15) is 0 Å². The zero-order valence-corrected chi connectivity index (χ0v) is 14.6. The average Bonchev–Trinajstić information content (AvgIpc) is 2.88. The van der Waals surface area contributed by atoms with Crippen molar-refractivity contribution >= 4 is 38.9 Å². The van der Waals surface area contributed by atoms with Crippen LogP contribution in [0.5, 0.6) is 0 Å². The molecule has 0 aliphatic carbocycles. The predicted molar refractivity (Wildman–Crippen MR) is 93.1 cm³/mol. The number of carbonyl (C=O) groups is 1. The number of halogens is 1. The highest BCUT2D eigenvalue weighted by Gasteiger charge is 2.11. The van der Waals surface area contributed by atoms with Gasteiger partial charge in [-0.1, -0.05) is 13.0 Å². The highest BCUT2D eigenvalue weighted by molar-refractivity contribution is 9.11. The first kappa shape index (κ1) is 16.0. The fraction of sp³-hybridized carbons (Fsp3) is 0.312. The lowest BCUT2D eigenvalue weighted by Gasteiger charge is -2.12. The molecule has 0 spiro atoms. The molecular formula is C16H19BrN2OS. The highest BCUT2D eigenvalue weighted by atomic mass is 79.9. The third-order valence-corrected chi connectivity index (χ3v) is 4.66. The van der Waals surface area contributed by atoms with Crippen molar-refractivity contribution in [3.05, 3.63) is 50.1 Å². The van der Waals surface area contributed by atoms with Gasteiger partial charge >= 0.3 is 0 Å². The first-order chi connectivity index (χ1) is 10.1. The number of thiophene rings is 1. The second-order valence-corrected chi connectivity index (χ2v) is 7.41. The van der Waals surface area contributed by atoms with E-state index in [1.165, 1.54) is 0 Å². The summed E-state index contributed by atoms with van der Waals surface area (Å²) >= 11 is 5.06. The van der Waals surface area contributed by atoms with Crippen molar-refractivity contribution in [2.24, 2.45) is 0 Å². The molecule has 2 aromatic rings. The van der Waals surface area contributed by atoms with Gasteiger partial charge in [-0.05, 0) is 59.1 Å². The minimum absolute atomic E-state index is 0.0434. The monoisotopic (exact) mass is 366 g/mol. The maximum absolute atomic E-state index is 12.4. The molecule has 112 valence electrons. The van der Waals surface area contributed by atoms with E-state index in [0.29, 0.717) is 12.1 Å². The van der Waals surface area contributed by atoms with Crippen LogP contribution in [0.4, 0.5) is 5.69 Å². The molecule has 3 nitrogen and oxygen atoms in total. The maximum Gasteiger partial charge on any atom is 0.253 e. The molecule has 0 atom stereocenters. The topological polar surface area (TPSA) is 41.1 Å². The van der Waals surface area contributed by atoms with Crippen LogP contribution in [0.25, 0.3) is 0 Å². The first-order valence-corrected chi connectivity index (χ1v) is 8.58. The maximum atomic E-state index is 12.4. The minimum Gasteiger partial charge on any atom is -0.384 e. The minimum atomic E-state index is -0.0434. The lowest BCUT2D eigenvalue weighted by Crippen LogP contribution is -2.23. The van der Waals surface area contributed by atoms with Gasteiger partial charge in [0.25, 0.3) is 5.91 Å². The number of hydrogen-bond acceptors (Lipinski definition) is 3. The molecule has 0 bridgehead atoms. The van der Waals surface area contributed by atoms with E-state index in [1.54, 1.807) is 11.3 Å². The summed E-state index contributed by atoms with van der Waals surface area (Å²) in [6, 6.07) is 9.87. The number of amides is 1. The number of hydrogen-bond donors (Lipinski definition) is 2. The molecule has 1 aromatic heterocycles. The fourth-order valence-electron chi connectivity index (χ4n) is 1.97. The summed E-state index contributed by atoms with van der Waals surface area (Å²) in [5.41, 5.74) is 2.75. The summed E-state index contributed by atoms with van der Waals surface area (Å²) in [6.07, 6.45) is 1.03. The fourth-order valence-corrected chi connectivity index (χ4v) is 3.39. The van der Waals surface area contributed by atoms with Crippen molar-refractivity contribution in [1.82, 2.24) is 5.32 Å². The lowest BCUT2D eigenvalue weighted by molar-refractivity contribution is 0.0952. The third kappa shape index (κ3) is 4.58. The van der Waals surface area contributed by atoms with Crippen molar-refractivity contribution < 1.29 is 4.79 Å². The summed E-state index contributed by atoms with van der Waals surface area (Å²) < 4.78 is 1.08. The molecule has 1 amide bonds. The number of anilines is 1. The van der Waals surface area contributed by atoms with E-state index < -0.39 is 0 Å². The Labute approximate surface area is 137 Å². The van der Waals surface area contributed by atoms with Crippen molar-refractivity contribution in [3.8, 4) is 0 Å². The van der Waals surface area contributed by atoms with Gasteiger partial charge in [-0.25, -0.2) is 0 Å². The lowest BCUT2D eigenvalue weighted by atomic mass is 10.1. The van der Waals surface area contributed by atoms with Gasteiger partial charge in [0, 0.05) is 17.1 Å². The Morgan fingerprint density at radius 3 is 2.76 bits per heavy atom. The Bertz CT molecular complexity index is 624. The third-order valence-electron chi connectivity index (χ3n) is 3.04. The van der Waals surface area contributed by atoms with Crippen molar-refractivity contribution in [2.45, 2.75) is 26.8 Å². The smallest absolute Gasteiger partial charge is 0.253 e. The molecule has 5 heteroatoms. The predicted octanol–water partition coefficient (Wildman–Crippen LogP) is 4.57. The zero-order chi connectivity index (χ0) is 15.2. The van der Waals surface area contributed by atoms with Gasteiger partial charge in [-0.3, -0.25) is 4.79 Å². The van der Waals surface area contributed by atoms with Crippen LogP contribution >= 0.6 is 27.3 Å². The molecule has 2 rings (SSSR count). The van der Waals surface area contributed by atoms with E-state index in [-0.39, 0.29) is 5.91 Å². The highest BCUT2D eigenvalue weighted by Crippen LogP contribution is 2.22. The summed E-state index contributed by atoms with van der Waals surface area (Å²) in [7, 11) is 0. The molecule has 0 aliphatic rings. The molecule has 1 heterocycles. The summed E-state index contributed by atoms with van der Waals surface area (Å²) in [6.45, 7) is 5.55. The second kappa shape index (κ2) is 7.61. The van der Waals surface area contributed by atoms with E-state index in [1.807, 2.05) is 37.3 Å². The van der Waals surface area contributed by atoms with Gasteiger partial charge in [0.05, 0.1) is 15.9 Å². The molecule has 0 radical (unpaired) electrons. The second-order valence-electron chi connectivity index (χ2n) is 4.86. The Kier molecular flexibility index (Phi) is 5.82. The Hall–Kier alpha value is -1.33. The standard InChI is InChI=1S/C16H19BrN2OS/c1-3-8-18-14-9-11(2)4-6-13(14)16(20)19-10-12-5-7-15(17)21-12/h4-7,9,18H,3,8,10H2,1-2H3,(H,19,20). The first-order valence-electron chi connectivity index (χ1n) is 6.97. The largest absolute Gasteiger partial charge is 0.384 e. The molecule has 1 aromatic carbocycles. The zero-order valence-electron chi connectivity index (χ0n) is 12.2. The summed E-state index contributed by atoms with van der Waals surface area (Å²) in [5, 5.41) is 6.30. The van der Waals surface area contributed by atoms with Crippen LogP contribution in [0.1, 0.15) is 34.1 Å². The van der Waals surface area contributed by atoms with Crippen molar-refractivity contribution in [2.75, 3.05) is 11.9 Å². The van der Waals surface area contributed by atoms with Crippen LogP contribution in [-0.4, -0.2) is 12.5 Å². The molecule has 21 heavy (non-hydrogen) atoms. The molecule has 0 fully saturated rings. The van der Waals surface area contributed by atoms with Crippen LogP contribution in [0.3, 0.4) is 0 Å². The van der Waals surface area contributed by atoms with Crippen LogP contribution in [-0.2, 0) is 6.54 Å². The van der Waals surface area contributed by atoms with Crippen molar-refractivity contribution in [3.63, 3.8) is 0 Å². The molecule has 0 unspecified atom stereocenters. The van der Waals surface area contributed by atoms with Crippen LogP contribution < -0.4 is 10.6 Å². The van der Waals surface area contributed by atoms with Gasteiger partial charge in [-0.15, -0.1) is 11.3 Å². The summed E-state index contributed by atoms with van der Waals surface area (Å²) in [5.74, 6) is -0.0434. The van der Waals surface area contributed by atoms with Crippen LogP contribution in [0.2, 0.25) is 0 Å². The van der Waals surface area contributed by atoms with E-state index in [9.17, 15) is 4.79 Å². The van der Waals surface area contributed by atoms with Crippen LogP contribution in [0, 0.1) is 6.92 Å². The number of carbonyl (C=O) groups excluding carboxylic acids is 1. The van der Waals surface area contributed by atoms with E-state index in [2.05, 4.69) is 33.5 Å². The van der Waals surface area contributed by atoms with Crippen molar-refractivity contribution in [1.29, 1.82) is 0 Å². The number of nitrogens with one attached hydrogen (secondary N) is 2. The molecule has 2 N–H and O–H groups in total. The normalized spacial score (nSPS) is 10.4. The quantitative estimate of drug-likeness (QED) is 0.785. The Balaban J connectivity index is 2.07. The number of aryl methyl sites for hydroxylation is 1. The number of rotatable bonds is 6. The van der Waals surface area contributed by atoms with E-state index in [4.69, 9.17) is 0 Å². The average molecular weight is 367 g/mol. The Morgan fingerprint density at radius 1 is 1.29 bits per heavy atom. The van der Waals surface area contributed by atoms with Gasteiger partial charge < -0.3 is 10.6 Å². The molecule has 0 saturated heterocycles. The molecule has 0 aliphatic heterocycles. The molecular weight excluding hydrogens is 348 g/mol. The van der Waals surface area contributed by atoms with Crippen LogP contribution in [0.15, 0.2) is 34.1 Å². The van der Waals surface area contributed by atoms with E-state index >= 15 is 0 Å². The van der Waals surface area contributed by atoms with Gasteiger partial charge in [0.2, 0.25) is 0 Å². The SMILES string of the molecule is CCCNc1cc(C)ccc1C(=O)NCc1ccc(Br)s1. The Morgan fingerprint density at radius 2 is 2.10 bits per heavy atom. The molecule has 0 saturated carbocycles. The van der Waals surface area contributed by atoms with E-state index in [0.717, 1.165) is 32.9 Å². The summed E-state index contributed by atoms with van der Waals surface area (Å²) in [4.78, 5) is 13.5. The number of benzene rings is 1. The van der Waals surface area contributed by atoms with Gasteiger partial charge in [0.15, 0.2) is 0 Å².